The third-order valence-electron chi connectivity index (χ3n) is 0.833. The second-order valence-corrected chi connectivity index (χ2v) is 2.15. The summed E-state index contributed by atoms with van der Waals surface area (Å²) in [6.07, 6.45) is -5.26. The van der Waals surface area contributed by atoms with Crippen LogP contribution in [0.15, 0.2) is 0 Å². The number of hydrogen-bond acceptors (Lipinski definition) is 4. The number of carbonyl (C=O) groups excluding carboxylic acids is 2. The Hall–Kier alpha value is -0.470. The zero-order valence-electron chi connectivity index (χ0n) is 5.63. The molecule has 0 spiro atoms. The van der Waals surface area contributed by atoms with Crippen LogP contribution in [-0.2, 0) is 19.1 Å². The van der Waals surface area contributed by atoms with Crippen LogP contribution in [-0.4, -0.2) is 29.6 Å². The van der Waals surface area contributed by atoms with Gasteiger partial charge in [-0.25, -0.2) is 18.4 Å². The fourth-order valence-electron chi connectivity index (χ4n) is 0.390. The minimum absolute atomic E-state index is 0.0813. The van der Waals surface area contributed by atoms with Gasteiger partial charge in [-0.05, 0) is 22.6 Å². The van der Waals surface area contributed by atoms with Crippen LogP contribution in [0.4, 0.5) is 8.78 Å². The van der Waals surface area contributed by atoms with Crippen molar-refractivity contribution in [3.8, 4) is 0 Å². The van der Waals surface area contributed by atoms with E-state index in [4.69, 9.17) is 0 Å². The van der Waals surface area contributed by atoms with Crippen molar-refractivity contribution < 1.29 is 27.8 Å². The topological polar surface area (TPSA) is 52.6 Å². The van der Waals surface area contributed by atoms with Crippen LogP contribution in [0.1, 0.15) is 0 Å². The van der Waals surface area contributed by atoms with Gasteiger partial charge < -0.3 is 9.47 Å². The van der Waals surface area contributed by atoms with Crippen molar-refractivity contribution in [3.05, 3.63) is 0 Å². The zero-order valence-corrected chi connectivity index (χ0v) is 7.79. The number of esters is 1. The van der Waals surface area contributed by atoms with Crippen LogP contribution in [0.25, 0.3) is 0 Å². The van der Waals surface area contributed by atoms with Crippen molar-refractivity contribution in [1.82, 2.24) is 0 Å². The first-order chi connectivity index (χ1) is 5.63. The molecule has 0 bridgehead atoms. The third-order valence-corrected chi connectivity index (χ3v) is 1.14. The lowest BCUT2D eigenvalue weighted by Crippen LogP contribution is -2.32. The van der Waals surface area contributed by atoms with E-state index in [1.807, 2.05) is 0 Å². The summed E-state index contributed by atoms with van der Waals surface area (Å²) in [5, 5.41) is 0. The van der Waals surface area contributed by atoms with Crippen LogP contribution >= 0.6 is 22.6 Å². The van der Waals surface area contributed by atoms with E-state index in [9.17, 15) is 18.4 Å². The van der Waals surface area contributed by atoms with E-state index >= 15 is 0 Å². The van der Waals surface area contributed by atoms with Gasteiger partial charge in [-0.3, -0.25) is 0 Å². The molecule has 0 saturated carbocycles. The minimum Gasteiger partial charge on any atom is -0.452 e. The smallest absolute Gasteiger partial charge is 0.418 e. The van der Waals surface area contributed by atoms with E-state index in [1.54, 1.807) is 22.6 Å². The molecule has 1 atom stereocenters. The highest BCUT2D eigenvalue weighted by atomic mass is 127. The molecule has 0 aromatic heterocycles. The lowest BCUT2D eigenvalue weighted by molar-refractivity contribution is -0.157. The molecule has 4 nitrogen and oxygen atoms in total. The first-order valence-electron chi connectivity index (χ1n) is 2.67. The average Bonchev–Trinajstić information content (AvgIpc) is 1.99. The summed E-state index contributed by atoms with van der Waals surface area (Å²) in [7, 11) is 0. The van der Waals surface area contributed by atoms with Crippen molar-refractivity contribution in [1.29, 1.82) is 0 Å². The number of hydrogen-bond donors (Lipinski definition) is 0. The van der Waals surface area contributed by atoms with E-state index < -0.39 is 18.5 Å². The van der Waals surface area contributed by atoms with Gasteiger partial charge in [-0.1, -0.05) is 0 Å². The number of carbonyl (C=O) groups is 1. The Morgan fingerprint density at radius 2 is 2.17 bits per heavy atom. The van der Waals surface area contributed by atoms with Gasteiger partial charge in [0.05, 0.1) is 0 Å². The summed E-state index contributed by atoms with van der Waals surface area (Å²) in [6.45, 7) is 0.755. The summed E-state index contributed by atoms with van der Waals surface area (Å²) in [5.74, 6) is -1.28. The average molecular weight is 293 g/mol. The number of alkyl halides is 3. The highest BCUT2D eigenvalue weighted by molar-refractivity contribution is 14.1. The Balaban J connectivity index is 4.08. The van der Waals surface area contributed by atoms with E-state index in [-0.39, 0.29) is 4.61 Å². The van der Waals surface area contributed by atoms with Crippen LogP contribution in [0.3, 0.4) is 0 Å². The summed E-state index contributed by atoms with van der Waals surface area (Å²) in [5.41, 5.74) is 0. The quantitative estimate of drug-likeness (QED) is 0.424. The van der Waals surface area contributed by atoms with Crippen LogP contribution < -0.4 is 0 Å². The molecule has 12 heavy (non-hydrogen) atoms. The fourth-order valence-corrected chi connectivity index (χ4v) is 0.697. The largest absolute Gasteiger partial charge is 0.452 e. The maximum atomic E-state index is 11.9. The van der Waals surface area contributed by atoms with Gasteiger partial charge >= 0.3 is 12.4 Å². The molecular formula is C5H4F2IO4. The Morgan fingerprint density at radius 1 is 1.58 bits per heavy atom. The summed E-state index contributed by atoms with van der Waals surface area (Å²) < 4.78 is 31.5. The molecule has 0 aliphatic carbocycles. The van der Waals surface area contributed by atoms with Crippen LogP contribution in [0.5, 0.6) is 0 Å². The molecule has 0 aromatic rings. The predicted octanol–water partition coefficient (Wildman–Crippen LogP) is 0.640. The van der Waals surface area contributed by atoms with Crippen molar-refractivity contribution in [2.45, 2.75) is 12.5 Å². The Bertz CT molecular complexity index is 164. The lowest BCUT2D eigenvalue weighted by atomic mass is 10.4. The van der Waals surface area contributed by atoms with Gasteiger partial charge in [0.25, 0.3) is 12.5 Å². The van der Waals surface area contributed by atoms with Gasteiger partial charge in [0.1, 0.15) is 4.61 Å². The molecule has 0 heterocycles. The van der Waals surface area contributed by atoms with Crippen LogP contribution in [0, 0.1) is 0 Å². The first-order valence-corrected chi connectivity index (χ1v) is 4.19. The normalized spacial score (nSPS) is 12.3. The van der Waals surface area contributed by atoms with E-state index in [1.165, 1.54) is 0 Å². The van der Waals surface area contributed by atoms with Crippen molar-refractivity contribution >= 4 is 35.0 Å². The molecule has 0 amide bonds. The molecule has 69 valence electrons. The highest BCUT2D eigenvalue weighted by Crippen LogP contribution is 2.07. The van der Waals surface area contributed by atoms with Crippen molar-refractivity contribution in [3.63, 3.8) is 0 Å². The SMILES string of the molecule is O=[C]OC(C(=O)OCI)C(F)F. The molecule has 1 radical (unpaired) electrons. The number of halogens is 3. The Morgan fingerprint density at radius 3 is 2.50 bits per heavy atom. The molecule has 7 heteroatoms. The van der Waals surface area contributed by atoms with Gasteiger partial charge in [-0.15, -0.1) is 0 Å². The Kier molecular flexibility index (Phi) is 5.85. The molecule has 0 N–H and O–H groups in total. The van der Waals surface area contributed by atoms with E-state index in [0.29, 0.717) is 0 Å². The fraction of sp³-hybridized carbons (Fsp3) is 0.600. The lowest BCUT2D eigenvalue weighted by Gasteiger charge is -2.10. The Labute approximate surface area is 80.3 Å². The molecule has 0 saturated heterocycles. The monoisotopic (exact) mass is 293 g/mol. The van der Waals surface area contributed by atoms with Gasteiger partial charge in [0, 0.05) is 0 Å². The maximum Gasteiger partial charge on any atom is 0.418 e. The molecule has 0 aliphatic heterocycles. The molecule has 0 fully saturated rings. The van der Waals surface area contributed by atoms with Crippen molar-refractivity contribution in [2.75, 3.05) is 4.61 Å². The summed E-state index contributed by atoms with van der Waals surface area (Å²) >= 11 is 1.65. The van der Waals surface area contributed by atoms with Crippen molar-refractivity contribution in [2.24, 2.45) is 0 Å². The number of rotatable bonds is 5. The van der Waals surface area contributed by atoms with E-state index in [2.05, 4.69) is 9.47 Å². The molecular weight excluding hydrogens is 289 g/mol. The summed E-state index contributed by atoms with van der Waals surface area (Å²) in [6, 6.07) is 0. The summed E-state index contributed by atoms with van der Waals surface area (Å²) in [4.78, 5) is 20.1. The van der Waals surface area contributed by atoms with E-state index in [0.717, 1.165) is 6.47 Å². The molecule has 1 unspecified atom stereocenters. The van der Waals surface area contributed by atoms with Gasteiger partial charge in [-0.2, -0.15) is 0 Å². The molecule has 0 aliphatic rings. The van der Waals surface area contributed by atoms with Crippen LogP contribution in [0.2, 0.25) is 0 Å². The predicted molar refractivity (Wildman–Crippen MR) is 41.5 cm³/mol. The minimum atomic E-state index is -3.10. The second kappa shape index (κ2) is 6.09. The third kappa shape index (κ3) is 3.79. The van der Waals surface area contributed by atoms with Gasteiger partial charge in [0.15, 0.2) is 0 Å². The molecule has 0 rings (SSSR count). The first kappa shape index (κ1) is 11.5. The van der Waals surface area contributed by atoms with Gasteiger partial charge in [0.2, 0.25) is 0 Å². The maximum absolute atomic E-state index is 11.9. The highest BCUT2D eigenvalue weighted by Gasteiger charge is 2.31. The number of ether oxygens (including phenoxy) is 2. The molecule has 0 aromatic carbocycles. The zero-order chi connectivity index (χ0) is 9.56. The second-order valence-electron chi connectivity index (χ2n) is 1.53. The standard InChI is InChI=1S/C5H4F2IO4/c6-4(7)3(12-2-9)5(10)11-1-8/h3-4H,1H2.